The number of aromatic amines is 1. The summed E-state index contributed by atoms with van der Waals surface area (Å²) in [7, 11) is 2.04. The van der Waals surface area contributed by atoms with Crippen LogP contribution in [0.25, 0.3) is 31.4 Å². The molecule has 30 heavy (non-hydrogen) atoms. The first-order chi connectivity index (χ1) is 14.7. The van der Waals surface area contributed by atoms with Crippen molar-refractivity contribution in [1.29, 1.82) is 0 Å². The quantitative estimate of drug-likeness (QED) is 0.419. The number of hydrogen-bond donors (Lipinski definition) is 1. The van der Waals surface area contributed by atoms with Gasteiger partial charge in [0.1, 0.15) is 10.7 Å². The number of nitrogens with zero attached hydrogens (tertiary/aromatic N) is 2. The Morgan fingerprint density at radius 3 is 2.50 bits per heavy atom. The summed E-state index contributed by atoms with van der Waals surface area (Å²) in [6, 6.07) is 26.9. The molecule has 5 aromatic rings. The lowest BCUT2D eigenvalue weighted by Gasteiger charge is -2.16. The molecular weight excluding hydrogens is 390 g/mol. The Balaban J connectivity index is 1.38. The molecule has 0 atom stereocenters. The number of fused-ring (bicyclic) bond motifs is 2. The van der Waals surface area contributed by atoms with Crippen molar-refractivity contribution in [2.24, 2.45) is 0 Å². The molecule has 1 N–H and O–H groups in total. The summed E-state index contributed by atoms with van der Waals surface area (Å²) in [5.74, 6) is 0.692. The smallest absolute Gasteiger partial charge is 0.259 e. The van der Waals surface area contributed by atoms with Gasteiger partial charge < -0.3 is 4.98 Å². The molecule has 0 aliphatic heterocycles. The average molecular weight is 412 g/mol. The van der Waals surface area contributed by atoms with E-state index >= 15 is 0 Å². The molecule has 2 aromatic heterocycles. The zero-order valence-corrected chi connectivity index (χ0v) is 17.4. The Hall–Kier alpha value is -3.28. The summed E-state index contributed by atoms with van der Waals surface area (Å²) in [6.45, 7) is 1.36. The van der Waals surface area contributed by atoms with E-state index in [0.717, 1.165) is 21.8 Å². The number of nitrogens with one attached hydrogen (secondary N) is 1. The van der Waals surface area contributed by atoms with Gasteiger partial charge in [0, 0.05) is 11.4 Å². The number of benzene rings is 3. The third kappa shape index (κ3) is 3.77. The number of H-pyrrole nitrogens is 1. The summed E-state index contributed by atoms with van der Waals surface area (Å²) >= 11 is 1.56. The molecule has 3 aromatic carbocycles. The number of thiophene rings is 1. The lowest BCUT2D eigenvalue weighted by Crippen LogP contribution is -2.21. The van der Waals surface area contributed by atoms with E-state index < -0.39 is 0 Å². The second-order valence-corrected chi connectivity index (χ2v) is 8.59. The number of hydrogen-bond acceptors (Lipinski definition) is 4. The first-order valence-electron chi connectivity index (χ1n) is 9.90. The minimum atomic E-state index is -0.0764. The van der Waals surface area contributed by atoms with Crippen LogP contribution in [0.3, 0.4) is 0 Å². The van der Waals surface area contributed by atoms with Crippen molar-refractivity contribution in [3.8, 4) is 10.4 Å². The highest BCUT2D eigenvalue weighted by Crippen LogP contribution is 2.30. The average Bonchev–Trinajstić information content (AvgIpc) is 3.19. The van der Waals surface area contributed by atoms with Gasteiger partial charge in [-0.3, -0.25) is 9.69 Å². The molecule has 5 heteroatoms. The van der Waals surface area contributed by atoms with Gasteiger partial charge >= 0.3 is 0 Å². The monoisotopic (exact) mass is 411 g/mol. The van der Waals surface area contributed by atoms with Crippen molar-refractivity contribution in [3.63, 3.8) is 0 Å². The van der Waals surface area contributed by atoms with Crippen molar-refractivity contribution < 1.29 is 0 Å². The molecule has 0 radical (unpaired) electrons. The highest BCUT2D eigenvalue weighted by Gasteiger charge is 2.12. The summed E-state index contributed by atoms with van der Waals surface area (Å²) in [5, 5.41) is 3.13. The van der Waals surface area contributed by atoms with Crippen LogP contribution in [-0.2, 0) is 13.1 Å². The third-order valence-electron chi connectivity index (χ3n) is 5.20. The van der Waals surface area contributed by atoms with Gasteiger partial charge in [-0.1, -0.05) is 66.7 Å². The van der Waals surface area contributed by atoms with E-state index in [9.17, 15) is 4.79 Å². The molecule has 5 rings (SSSR count). The maximum Gasteiger partial charge on any atom is 0.259 e. The lowest BCUT2D eigenvalue weighted by molar-refractivity contribution is 0.311. The van der Waals surface area contributed by atoms with E-state index in [0.29, 0.717) is 17.8 Å². The van der Waals surface area contributed by atoms with E-state index in [-0.39, 0.29) is 5.56 Å². The van der Waals surface area contributed by atoms with Crippen LogP contribution in [0, 0.1) is 0 Å². The second kappa shape index (κ2) is 7.86. The molecule has 0 saturated heterocycles. The largest absolute Gasteiger partial charge is 0.309 e. The fourth-order valence-electron chi connectivity index (χ4n) is 3.76. The molecule has 148 valence electrons. The molecule has 0 amide bonds. The fraction of sp³-hybridized carbons (Fsp3) is 0.120. The molecule has 2 heterocycles. The first kappa shape index (κ1) is 18.7. The molecule has 4 nitrogen and oxygen atoms in total. The van der Waals surface area contributed by atoms with Crippen molar-refractivity contribution >= 4 is 32.3 Å². The van der Waals surface area contributed by atoms with Crippen molar-refractivity contribution in [2.75, 3.05) is 7.05 Å². The zero-order chi connectivity index (χ0) is 20.5. The normalized spacial score (nSPS) is 11.5. The Morgan fingerprint density at radius 1 is 0.900 bits per heavy atom. The Morgan fingerprint density at radius 2 is 1.67 bits per heavy atom. The number of aromatic nitrogens is 2. The van der Waals surface area contributed by atoms with Gasteiger partial charge in [-0.15, -0.1) is 11.3 Å². The van der Waals surface area contributed by atoms with Gasteiger partial charge in [0.2, 0.25) is 0 Å². The Bertz CT molecular complexity index is 1390. The molecule has 0 fully saturated rings. The van der Waals surface area contributed by atoms with Crippen LogP contribution in [0.5, 0.6) is 0 Å². The summed E-state index contributed by atoms with van der Waals surface area (Å²) in [5.41, 5.74) is 2.27. The topological polar surface area (TPSA) is 49.0 Å². The zero-order valence-electron chi connectivity index (χ0n) is 16.6. The van der Waals surface area contributed by atoms with E-state index in [1.54, 1.807) is 11.3 Å². The van der Waals surface area contributed by atoms with E-state index in [1.807, 2.05) is 31.3 Å². The van der Waals surface area contributed by atoms with Crippen LogP contribution >= 0.6 is 11.3 Å². The summed E-state index contributed by atoms with van der Waals surface area (Å²) in [4.78, 5) is 24.3. The number of rotatable bonds is 5. The minimum absolute atomic E-state index is 0.0764. The van der Waals surface area contributed by atoms with Crippen molar-refractivity contribution in [2.45, 2.75) is 13.1 Å². The van der Waals surface area contributed by atoms with Crippen LogP contribution in [0.1, 0.15) is 11.4 Å². The Kier molecular flexibility index (Phi) is 4.91. The van der Waals surface area contributed by atoms with Crippen LogP contribution in [0.15, 0.2) is 83.7 Å². The minimum Gasteiger partial charge on any atom is -0.309 e. The van der Waals surface area contributed by atoms with Crippen LogP contribution < -0.4 is 5.56 Å². The van der Waals surface area contributed by atoms with Gasteiger partial charge in [0.15, 0.2) is 0 Å². The van der Waals surface area contributed by atoms with Crippen molar-refractivity contribution in [1.82, 2.24) is 14.9 Å². The summed E-state index contributed by atoms with van der Waals surface area (Å²) < 4.78 is 0. The second-order valence-electron chi connectivity index (χ2n) is 7.56. The van der Waals surface area contributed by atoms with Crippen LogP contribution in [-0.4, -0.2) is 21.9 Å². The highest BCUT2D eigenvalue weighted by molar-refractivity contribution is 7.21. The van der Waals surface area contributed by atoms with E-state index in [2.05, 4.69) is 64.5 Å². The Labute approximate surface area is 178 Å². The van der Waals surface area contributed by atoms with Crippen LogP contribution in [0.2, 0.25) is 0 Å². The van der Waals surface area contributed by atoms with Gasteiger partial charge in [-0.2, -0.15) is 0 Å². The maximum atomic E-state index is 12.6. The highest BCUT2D eigenvalue weighted by atomic mass is 32.1. The van der Waals surface area contributed by atoms with Crippen molar-refractivity contribution in [3.05, 3.63) is 101 Å². The maximum absolute atomic E-state index is 12.6. The molecule has 0 aliphatic carbocycles. The standard InChI is InChI=1S/C25H21N3OS/c1-28(15-17-11-12-18-7-5-6-10-20(18)13-17)16-23-26-24(29)21-14-22(30-25(21)27-23)19-8-3-2-4-9-19/h2-14H,15-16H2,1H3,(H,26,27,29). The summed E-state index contributed by atoms with van der Waals surface area (Å²) in [6.07, 6.45) is 0. The fourth-order valence-corrected chi connectivity index (χ4v) is 4.81. The lowest BCUT2D eigenvalue weighted by atomic mass is 10.1. The molecule has 0 bridgehead atoms. The van der Waals surface area contributed by atoms with Gasteiger partial charge in [-0.25, -0.2) is 4.98 Å². The molecule has 0 aliphatic rings. The predicted molar refractivity (Wildman–Crippen MR) is 125 cm³/mol. The molecular formula is C25H21N3OS. The SMILES string of the molecule is CN(Cc1ccc2ccccc2c1)Cc1nc2sc(-c3ccccc3)cc2c(=O)[nH]1. The van der Waals surface area contributed by atoms with Gasteiger partial charge in [-0.05, 0) is 41.1 Å². The predicted octanol–water partition coefficient (Wildman–Crippen LogP) is 5.44. The molecule has 0 saturated carbocycles. The van der Waals surface area contributed by atoms with Gasteiger partial charge in [0.05, 0.1) is 11.9 Å². The van der Waals surface area contributed by atoms with Crippen LogP contribution in [0.4, 0.5) is 0 Å². The molecule has 0 spiro atoms. The van der Waals surface area contributed by atoms with Gasteiger partial charge in [0.25, 0.3) is 5.56 Å². The molecule has 0 unspecified atom stereocenters. The first-order valence-corrected chi connectivity index (χ1v) is 10.7. The van der Waals surface area contributed by atoms with E-state index in [4.69, 9.17) is 4.98 Å². The van der Waals surface area contributed by atoms with E-state index in [1.165, 1.54) is 16.3 Å². The third-order valence-corrected chi connectivity index (χ3v) is 6.27.